The number of carbonyl (C=O) groups excluding carboxylic acids is 3. The minimum absolute atomic E-state index is 0.0992. The zero-order valence-electron chi connectivity index (χ0n) is 15.9. The van der Waals surface area contributed by atoms with Crippen LogP contribution in [0.4, 0.5) is 0 Å². The first-order valence-corrected chi connectivity index (χ1v) is 11.3. The van der Waals surface area contributed by atoms with E-state index in [9.17, 15) is 14.4 Å². The Balaban J connectivity index is 1.58. The highest BCUT2D eigenvalue weighted by molar-refractivity contribution is 14.2. The van der Waals surface area contributed by atoms with Gasteiger partial charge in [0.05, 0.1) is 7.11 Å². The average Bonchev–Trinajstić information content (AvgIpc) is 3.31. The second-order valence-electron chi connectivity index (χ2n) is 6.87. The first kappa shape index (κ1) is 19.7. The van der Waals surface area contributed by atoms with Crippen molar-refractivity contribution < 1.29 is 28.6 Å². The monoisotopic (exact) mass is 510 g/mol. The van der Waals surface area contributed by atoms with Crippen molar-refractivity contribution in [2.45, 2.75) is 31.5 Å². The molecule has 0 radical (unpaired) electrons. The van der Waals surface area contributed by atoms with E-state index in [1.807, 2.05) is 24.3 Å². The highest BCUT2D eigenvalue weighted by Crippen LogP contribution is 2.38. The molecule has 0 amide bonds. The Morgan fingerprint density at radius 1 is 1.14 bits per heavy atom. The fourth-order valence-electron chi connectivity index (χ4n) is 3.47. The molecule has 2 fully saturated rings. The Morgan fingerprint density at radius 2 is 1.76 bits per heavy atom. The SMILES string of the molecule is COC(=O)c1cn(C)nc1-c1ccc(I=C2C(=O)OC3(CCCC3)OC2=O)cc1. The van der Waals surface area contributed by atoms with Crippen LogP contribution in [-0.2, 0) is 30.8 Å². The maximum Gasteiger partial charge on any atom is 0.354 e. The van der Waals surface area contributed by atoms with Gasteiger partial charge in [-0.25, -0.2) is 14.4 Å². The smallest absolute Gasteiger partial charge is 0.354 e. The van der Waals surface area contributed by atoms with E-state index in [-0.39, 0.29) is 3.51 Å². The lowest BCUT2D eigenvalue weighted by atomic mass is 10.1. The van der Waals surface area contributed by atoms with E-state index in [1.165, 1.54) is 7.11 Å². The van der Waals surface area contributed by atoms with Crippen LogP contribution in [0.3, 0.4) is 0 Å². The molecule has 8 nitrogen and oxygen atoms in total. The van der Waals surface area contributed by atoms with Crippen molar-refractivity contribution in [3.05, 3.63) is 39.6 Å². The Kier molecular flexibility index (Phi) is 5.24. The minimum atomic E-state index is -1.06. The lowest BCUT2D eigenvalue weighted by Gasteiger charge is -2.32. The molecule has 2 heterocycles. The van der Waals surface area contributed by atoms with Gasteiger partial charge in [0.25, 0.3) is 5.79 Å². The molecule has 2 aromatic rings. The molecule has 1 aliphatic heterocycles. The van der Waals surface area contributed by atoms with E-state index in [0.717, 1.165) is 22.0 Å². The summed E-state index contributed by atoms with van der Waals surface area (Å²) in [6.07, 6.45) is 4.50. The van der Waals surface area contributed by atoms with Gasteiger partial charge in [-0.2, -0.15) is 5.10 Å². The van der Waals surface area contributed by atoms with Gasteiger partial charge in [-0.1, -0.05) is 32.9 Å². The van der Waals surface area contributed by atoms with Crippen LogP contribution in [0, 0.1) is 3.57 Å². The van der Waals surface area contributed by atoms with Crippen molar-refractivity contribution in [2.75, 3.05) is 7.11 Å². The van der Waals surface area contributed by atoms with Crippen LogP contribution < -0.4 is 0 Å². The summed E-state index contributed by atoms with van der Waals surface area (Å²) in [5.41, 5.74) is 1.62. The number of aryl methyl sites for hydroxylation is 1. The third-order valence-electron chi connectivity index (χ3n) is 4.84. The minimum Gasteiger partial charge on any atom is -0.465 e. The van der Waals surface area contributed by atoms with Crippen molar-refractivity contribution >= 4 is 42.1 Å². The fourth-order valence-corrected chi connectivity index (χ4v) is 5.47. The number of hydrogen-bond acceptors (Lipinski definition) is 7. The molecule has 1 aromatic heterocycles. The lowest BCUT2D eigenvalue weighted by molar-refractivity contribution is -0.224. The summed E-state index contributed by atoms with van der Waals surface area (Å²) in [7, 11) is 3.05. The molecule has 1 spiro atoms. The van der Waals surface area contributed by atoms with Crippen molar-refractivity contribution in [1.82, 2.24) is 9.78 Å². The van der Waals surface area contributed by atoms with Crippen LogP contribution in [0.15, 0.2) is 30.5 Å². The van der Waals surface area contributed by atoms with E-state index in [4.69, 9.17) is 14.2 Å². The molecule has 0 atom stereocenters. The Hall–Kier alpha value is -2.56. The molecule has 1 saturated carbocycles. The van der Waals surface area contributed by atoms with Gasteiger partial charge in [0.15, 0.2) is 3.51 Å². The van der Waals surface area contributed by atoms with Crippen molar-refractivity contribution in [1.29, 1.82) is 0 Å². The summed E-state index contributed by atoms with van der Waals surface area (Å²) in [6, 6.07) is 7.27. The number of aromatic nitrogens is 2. The largest absolute Gasteiger partial charge is 0.465 e. The molecule has 29 heavy (non-hydrogen) atoms. The summed E-state index contributed by atoms with van der Waals surface area (Å²) in [5, 5.41) is 4.33. The van der Waals surface area contributed by atoms with E-state index in [1.54, 1.807) is 17.9 Å². The highest BCUT2D eigenvalue weighted by Gasteiger charge is 2.48. The average molecular weight is 510 g/mol. The summed E-state index contributed by atoms with van der Waals surface area (Å²) >= 11 is -1.06. The molecule has 1 aromatic carbocycles. The standard InChI is InChI=1S/C20H19IN2O6/c1-23-11-14(17(24)27-2)16(22-23)12-5-7-13(8-6-12)21-15-18(25)28-20(29-19(15)26)9-3-4-10-20/h5-8,11H,3-4,9-10H2,1-2H3. The maximum atomic E-state index is 12.4. The van der Waals surface area contributed by atoms with Crippen LogP contribution in [0.1, 0.15) is 36.0 Å². The highest BCUT2D eigenvalue weighted by atomic mass is 127. The first-order chi connectivity index (χ1) is 13.9. The van der Waals surface area contributed by atoms with Gasteiger partial charge in [0.1, 0.15) is 11.3 Å². The second kappa shape index (κ2) is 7.69. The number of esters is 3. The number of carbonyl (C=O) groups is 3. The molecule has 1 aliphatic carbocycles. The predicted molar refractivity (Wildman–Crippen MR) is 111 cm³/mol. The lowest BCUT2D eigenvalue weighted by Crippen LogP contribution is -2.48. The van der Waals surface area contributed by atoms with Crippen molar-refractivity contribution in [3.63, 3.8) is 0 Å². The molecule has 0 bridgehead atoms. The van der Waals surface area contributed by atoms with Gasteiger partial charge in [0.2, 0.25) is 0 Å². The third-order valence-corrected chi connectivity index (χ3v) is 7.60. The molecule has 152 valence electrons. The van der Waals surface area contributed by atoms with E-state index in [2.05, 4.69) is 5.10 Å². The Labute approximate surface area is 176 Å². The number of rotatable bonds is 3. The number of ether oxygens (including phenoxy) is 3. The van der Waals surface area contributed by atoms with Gasteiger partial charge in [-0.15, -0.1) is 0 Å². The summed E-state index contributed by atoms with van der Waals surface area (Å²) < 4.78 is 18.3. The van der Waals surface area contributed by atoms with Crippen LogP contribution in [0.2, 0.25) is 0 Å². The second-order valence-corrected chi connectivity index (χ2v) is 9.73. The molecule has 0 unspecified atom stereocenters. The van der Waals surface area contributed by atoms with Gasteiger partial charge in [-0.05, 0) is 25.0 Å². The van der Waals surface area contributed by atoms with Gasteiger partial charge < -0.3 is 14.2 Å². The Bertz CT molecular complexity index is 996. The van der Waals surface area contributed by atoms with Crippen molar-refractivity contribution in [2.24, 2.45) is 7.05 Å². The summed E-state index contributed by atoms with van der Waals surface area (Å²) in [6.45, 7) is 0. The fraction of sp³-hybridized carbons (Fsp3) is 0.350. The topological polar surface area (TPSA) is 96.7 Å². The van der Waals surface area contributed by atoms with E-state index in [0.29, 0.717) is 24.1 Å². The van der Waals surface area contributed by atoms with Crippen LogP contribution in [0.5, 0.6) is 0 Å². The molecular formula is C20H19IN2O6. The molecule has 9 heteroatoms. The number of nitrogens with zero attached hydrogens (tertiary/aromatic N) is 2. The number of methoxy groups -OCH3 is 1. The van der Waals surface area contributed by atoms with Gasteiger partial charge >= 0.3 is 17.9 Å². The zero-order chi connectivity index (χ0) is 20.6. The molecule has 2 aliphatic rings. The number of halogens is 1. The van der Waals surface area contributed by atoms with Crippen LogP contribution in [0.25, 0.3) is 11.3 Å². The summed E-state index contributed by atoms with van der Waals surface area (Å²) in [5.74, 6) is -2.63. The van der Waals surface area contributed by atoms with Gasteiger partial charge in [0, 0.05) is 35.2 Å². The van der Waals surface area contributed by atoms with E-state index < -0.39 is 44.4 Å². The zero-order valence-corrected chi connectivity index (χ0v) is 18.1. The quantitative estimate of drug-likeness (QED) is 0.463. The Morgan fingerprint density at radius 3 is 2.34 bits per heavy atom. The third kappa shape index (κ3) is 3.83. The van der Waals surface area contributed by atoms with Crippen LogP contribution in [-0.4, -0.2) is 44.1 Å². The number of benzene rings is 1. The first-order valence-electron chi connectivity index (χ1n) is 9.12. The van der Waals surface area contributed by atoms with Crippen molar-refractivity contribution in [3.8, 4) is 11.3 Å². The predicted octanol–water partition coefficient (Wildman–Crippen LogP) is 2.56. The summed E-state index contributed by atoms with van der Waals surface area (Å²) in [4.78, 5) is 36.8. The molecular weight excluding hydrogens is 491 g/mol. The van der Waals surface area contributed by atoms with E-state index >= 15 is 0 Å². The maximum absolute atomic E-state index is 12.4. The molecule has 4 rings (SSSR count). The number of hydrogen-bond donors (Lipinski definition) is 0. The normalized spacial score (nSPS) is 17.9. The van der Waals surface area contributed by atoms with Crippen LogP contribution >= 0.6 is 20.7 Å². The molecule has 0 N–H and O–H groups in total. The van der Waals surface area contributed by atoms with Gasteiger partial charge in [-0.3, -0.25) is 4.68 Å². The molecule has 1 saturated heterocycles.